The summed E-state index contributed by atoms with van der Waals surface area (Å²) in [7, 11) is -4.02. The maximum absolute atomic E-state index is 13.9. The second-order valence-corrected chi connectivity index (χ2v) is 10.6. The number of hydrogen-bond donors (Lipinski definition) is 2. The molecule has 9 heteroatoms. The molecular formula is C25H21N3O4S2. The highest BCUT2D eigenvalue weighted by atomic mass is 32.2. The first-order valence-corrected chi connectivity index (χ1v) is 13.0. The summed E-state index contributed by atoms with van der Waals surface area (Å²) >= 11 is 1.58. The highest BCUT2D eigenvalue weighted by molar-refractivity contribution is 7.90. The molecule has 7 nitrogen and oxygen atoms in total. The molecule has 34 heavy (non-hydrogen) atoms. The molecule has 2 N–H and O–H groups in total. The van der Waals surface area contributed by atoms with Crippen molar-refractivity contribution in [2.45, 2.75) is 24.7 Å². The van der Waals surface area contributed by atoms with E-state index in [1.54, 1.807) is 17.4 Å². The third-order valence-electron chi connectivity index (χ3n) is 5.87. The van der Waals surface area contributed by atoms with Crippen molar-refractivity contribution in [3.63, 3.8) is 0 Å². The molecule has 0 fully saturated rings. The van der Waals surface area contributed by atoms with Crippen LogP contribution < -0.4 is 0 Å². The van der Waals surface area contributed by atoms with E-state index in [1.165, 1.54) is 16.4 Å². The summed E-state index contributed by atoms with van der Waals surface area (Å²) in [5.74, 6) is -0.936. The van der Waals surface area contributed by atoms with Crippen LogP contribution in [0.15, 0.2) is 76.6 Å². The second kappa shape index (κ2) is 8.58. The number of aliphatic carboxylic acids is 1. The molecule has 0 unspecified atom stereocenters. The first-order chi connectivity index (χ1) is 16.4. The number of hydrogen-bond acceptors (Lipinski definition) is 5. The molecule has 0 spiro atoms. The van der Waals surface area contributed by atoms with Gasteiger partial charge in [-0.05, 0) is 64.6 Å². The van der Waals surface area contributed by atoms with Crippen LogP contribution in [-0.2, 0) is 21.2 Å². The zero-order valence-electron chi connectivity index (χ0n) is 18.2. The number of H-pyrrole nitrogens is 1. The summed E-state index contributed by atoms with van der Waals surface area (Å²) in [6.45, 7) is 1.91. The van der Waals surface area contributed by atoms with Gasteiger partial charge in [0.05, 0.1) is 17.4 Å². The number of aromatic nitrogens is 3. The smallest absolute Gasteiger partial charge is 0.303 e. The third kappa shape index (κ3) is 3.82. The van der Waals surface area contributed by atoms with Crippen molar-refractivity contribution in [3.05, 3.63) is 82.8 Å². The Labute approximate surface area is 200 Å². The van der Waals surface area contributed by atoms with E-state index >= 15 is 0 Å². The summed E-state index contributed by atoms with van der Waals surface area (Å²) in [6, 6.07) is 15.1. The van der Waals surface area contributed by atoms with Gasteiger partial charge in [-0.3, -0.25) is 9.89 Å². The van der Waals surface area contributed by atoms with Gasteiger partial charge in [-0.15, -0.1) is 0 Å². The largest absolute Gasteiger partial charge is 0.481 e. The number of aryl methyl sites for hydroxylation is 2. The highest BCUT2D eigenvalue weighted by Crippen LogP contribution is 2.34. The van der Waals surface area contributed by atoms with Gasteiger partial charge in [0.15, 0.2) is 0 Å². The van der Waals surface area contributed by atoms with Gasteiger partial charge in [0.25, 0.3) is 10.0 Å². The predicted molar refractivity (Wildman–Crippen MR) is 133 cm³/mol. The summed E-state index contributed by atoms with van der Waals surface area (Å²) in [5, 5.41) is 20.8. The maximum Gasteiger partial charge on any atom is 0.303 e. The molecule has 0 aliphatic carbocycles. The molecule has 0 saturated heterocycles. The number of carboxylic acid groups (broad SMARTS) is 1. The molecule has 0 atom stereocenters. The highest BCUT2D eigenvalue weighted by Gasteiger charge is 2.27. The lowest BCUT2D eigenvalue weighted by Gasteiger charge is -2.10. The van der Waals surface area contributed by atoms with Gasteiger partial charge in [0.1, 0.15) is 4.90 Å². The van der Waals surface area contributed by atoms with Crippen LogP contribution in [0.2, 0.25) is 0 Å². The van der Waals surface area contributed by atoms with Crippen molar-refractivity contribution in [1.82, 2.24) is 14.2 Å². The second-order valence-electron chi connectivity index (χ2n) is 8.02. The Balaban J connectivity index is 1.69. The summed E-state index contributed by atoms with van der Waals surface area (Å²) in [5.41, 5.74) is 5.23. The van der Waals surface area contributed by atoms with Gasteiger partial charge in [-0.1, -0.05) is 30.3 Å². The molecule has 0 radical (unpaired) electrons. The number of thiophene rings is 1. The Kier molecular flexibility index (Phi) is 5.59. The van der Waals surface area contributed by atoms with Crippen molar-refractivity contribution >= 4 is 38.2 Å². The summed E-state index contributed by atoms with van der Waals surface area (Å²) in [4.78, 5) is 11.3. The van der Waals surface area contributed by atoms with Crippen LogP contribution in [0.3, 0.4) is 0 Å². The van der Waals surface area contributed by atoms with Crippen LogP contribution in [-0.4, -0.2) is 33.7 Å². The monoisotopic (exact) mass is 491 g/mol. The molecule has 5 aromatic rings. The van der Waals surface area contributed by atoms with Gasteiger partial charge in [0, 0.05) is 23.6 Å². The lowest BCUT2D eigenvalue weighted by atomic mass is 10.0. The number of carboxylic acids is 1. The van der Waals surface area contributed by atoms with E-state index in [2.05, 4.69) is 10.2 Å². The van der Waals surface area contributed by atoms with E-state index in [0.29, 0.717) is 16.8 Å². The summed E-state index contributed by atoms with van der Waals surface area (Å²) in [6.07, 6.45) is 2.98. The Hall–Kier alpha value is -3.69. The Morgan fingerprint density at radius 3 is 2.71 bits per heavy atom. The fraction of sp³-hybridized carbons (Fsp3) is 0.120. The van der Waals surface area contributed by atoms with E-state index < -0.39 is 16.0 Å². The van der Waals surface area contributed by atoms with Crippen LogP contribution in [0, 0.1) is 6.92 Å². The van der Waals surface area contributed by atoms with Gasteiger partial charge < -0.3 is 5.11 Å². The first-order valence-electron chi connectivity index (χ1n) is 10.6. The molecule has 0 saturated carbocycles. The average Bonchev–Trinajstić information content (AvgIpc) is 3.57. The Morgan fingerprint density at radius 1 is 1.15 bits per heavy atom. The molecule has 2 aromatic carbocycles. The van der Waals surface area contributed by atoms with Crippen molar-refractivity contribution in [2.75, 3.05) is 0 Å². The zero-order valence-corrected chi connectivity index (χ0v) is 19.9. The number of benzene rings is 2. The molecule has 5 rings (SSSR count). The molecule has 0 bridgehead atoms. The normalized spacial score (nSPS) is 11.8. The maximum atomic E-state index is 13.9. The fourth-order valence-corrected chi connectivity index (χ4v) is 6.30. The minimum Gasteiger partial charge on any atom is -0.481 e. The lowest BCUT2D eigenvalue weighted by Crippen LogP contribution is -2.12. The van der Waals surface area contributed by atoms with Crippen LogP contribution >= 0.6 is 11.3 Å². The van der Waals surface area contributed by atoms with Gasteiger partial charge >= 0.3 is 5.97 Å². The Bertz CT molecular complexity index is 1610. The molecular weight excluding hydrogens is 470 g/mol. The van der Waals surface area contributed by atoms with E-state index in [4.69, 9.17) is 0 Å². The van der Waals surface area contributed by atoms with E-state index in [9.17, 15) is 18.3 Å². The van der Waals surface area contributed by atoms with Crippen molar-refractivity contribution in [2.24, 2.45) is 0 Å². The van der Waals surface area contributed by atoms with Gasteiger partial charge in [-0.2, -0.15) is 16.4 Å². The van der Waals surface area contributed by atoms with Crippen molar-refractivity contribution in [3.8, 4) is 22.4 Å². The molecule has 0 aliphatic heterocycles. The van der Waals surface area contributed by atoms with Gasteiger partial charge in [-0.25, -0.2) is 12.4 Å². The first kappa shape index (κ1) is 22.1. The van der Waals surface area contributed by atoms with Crippen molar-refractivity contribution in [1.29, 1.82) is 0 Å². The molecule has 3 heterocycles. The van der Waals surface area contributed by atoms with Crippen LogP contribution in [0.4, 0.5) is 0 Å². The topological polar surface area (TPSA) is 105 Å². The number of aromatic amines is 1. The minimum absolute atomic E-state index is 0.0606. The van der Waals surface area contributed by atoms with Gasteiger partial charge in [0.2, 0.25) is 0 Å². The van der Waals surface area contributed by atoms with E-state index in [0.717, 1.165) is 27.6 Å². The average molecular weight is 492 g/mol. The quantitative estimate of drug-likeness (QED) is 0.320. The fourth-order valence-electron chi connectivity index (χ4n) is 4.14. The minimum atomic E-state index is -4.02. The predicted octanol–water partition coefficient (Wildman–Crippen LogP) is 5.32. The Morgan fingerprint density at radius 2 is 1.97 bits per heavy atom. The van der Waals surface area contributed by atoms with E-state index in [1.807, 2.05) is 60.1 Å². The van der Waals surface area contributed by atoms with E-state index in [-0.39, 0.29) is 17.7 Å². The molecule has 3 aromatic heterocycles. The number of nitrogens with one attached hydrogen (secondary N) is 1. The van der Waals surface area contributed by atoms with Crippen LogP contribution in [0.25, 0.3) is 33.3 Å². The van der Waals surface area contributed by atoms with Crippen LogP contribution in [0.5, 0.6) is 0 Å². The molecule has 0 amide bonds. The van der Waals surface area contributed by atoms with Crippen LogP contribution in [0.1, 0.15) is 17.5 Å². The standard InChI is InChI=1S/C25H21N3O4S2/c1-16-4-2-3-5-20(16)25-23(13-26-27-25)34(31,32)28-14-18(7-9-24(29)30)21-12-17(6-8-22(21)28)19-10-11-33-15-19/h2-6,8,10-15H,7,9H2,1H3,(H,26,27)(H,29,30). The number of nitrogens with zero attached hydrogens (tertiary/aromatic N) is 2. The lowest BCUT2D eigenvalue weighted by molar-refractivity contribution is -0.136. The summed E-state index contributed by atoms with van der Waals surface area (Å²) < 4.78 is 29.0. The SMILES string of the molecule is Cc1ccccc1-c1[nH]ncc1S(=O)(=O)n1cc(CCC(=O)O)c2cc(-c3ccsc3)ccc21. The number of carbonyl (C=O) groups is 1. The third-order valence-corrected chi connectivity index (χ3v) is 8.24. The van der Waals surface area contributed by atoms with Crippen molar-refractivity contribution < 1.29 is 18.3 Å². The zero-order chi connectivity index (χ0) is 23.9. The number of fused-ring (bicyclic) bond motifs is 1. The molecule has 172 valence electrons. The molecule has 0 aliphatic rings. The number of rotatable bonds is 7.